The van der Waals surface area contributed by atoms with E-state index in [0.717, 1.165) is 60.1 Å². The summed E-state index contributed by atoms with van der Waals surface area (Å²) in [5.74, 6) is 0.0597. The van der Waals surface area contributed by atoms with Crippen molar-refractivity contribution < 1.29 is 9.53 Å². The number of ether oxygens (including phenoxy) is 1. The monoisotopic (exact) mass is 374 g/mol. The number of thiazole rings is 1. The maximum Gasteiger partial charge on any atom is 0.233 e. The number of piperidine rings is 1. The Morgan fingerprint density at radius 1 is 1.35 bits per heavy atom. The fourth-order valence-electron chi connectivity index (χ4n) is 3.92. The molecule has 3 heterocycles. The van der Waals surface area contributed by atoms with Gasteiger partial charge in [0, 0.05) is 25.9 Å². The first-order chi connectivity index (χ1) is 12.7. The summed E-state index contributed by atoms with van der Waals surface area (Å²) in [6.07, 6.45) is 4.09. The van der Waals surface area contributed by atoms with E-state index in [9.17, 15) is 4.79 Å². The average molecular weight is 375 g/mol. The molecule has 0 aliphatic carbocycles. The first-order valence-corrected chi connectivity index (χ1v) is 10.2. The molecular formula is C19H26N4O2S. The van der Waals surface area contributed by atoms with Crippen LogP contribution in [0.3, 0.4) is 0 Å². The van der Waals surface area contributed by atoms with Crippen molar-refractivity contribution in [2.24, 2.45) is 5.41 Å². The molecular weight excluding hydrogens is 348 g/mol. The molecule has 6 nitrogen and oxygen atoms in total. The lowest BCUT2D eigenvalue weighted by atomic mass is 9.78. The number of amides is 1. The number of nitrogens with one attached hydrogen (secondary N) is 2. The molecule has 140 valence electrons. The fourth-order valence-corrected chi connectivity index (χ4v) is 4.97. The van der Waals surface area contributed by atoms with Crippen molar-refractivity contribution in [3.8, 4) is 0 Å². The van der Waals surface area contributed by atoms with Gasteiger partial charge >= 0.3 is 0 Å². The normalized spacial score (nSPS) is 19.8. The van der Waals surface area contributed by atoms with Gasteiger partial charge in [-0.2, -0.15) is 0 Å². The third-order valence-electron chi connectivity index (χ3n) is 5.47. The lowest BCUT2D eigenvalue weighted by Crippen LogP contribution is -2.47. The minimum absolute atomic E-state index is 0.0597. The first-order valence-electron chi connectivity index (χ1n) is 9.37. The lowest BCUT2D eigenvalue weighted by molar-refractivity contribution is -0.130. The predicted octanol–water partition coefficient (Wildman–Crippen LogP) is 2.85. The molecule has 1 aromatic carbocycles. The zero-order chi connectivity index (χ0) is 18.0. The van der Waals surface area contributed by atoms with Crippen LogP contribution in [0.15, 0.2) is 18.2 Å². The number of nitrogens with zero attached hydrogens (tertiary/aromatic N) is 2. The molecule has 4 rings (SSSR count). The highest BCUT2D eigenvalue weighted by atomic mass is 32.1. The van der Waals surface area contributed by atoms with Crippen molar-refractivity contribution in [2.75, 3.05) is 50.1 Å². The molecule has 2 fully saturated rings. The van der Waals surface area contributed by atoms with Crippen LogP contribution in [0.5, 0.6) is 0 Å². The number of rotatable bonds is 5. The molecule has 2 aliphatic rings. The fraction of sp³-hybridized carbons (Fsp3) is 0.579. The minimum atomic E-state index is -0.441. The smallest absolute Gasteiger partial charge is 0.233 e. The zero-order valence-electron chi connectivity index (χ0n) is 15.2. The highest BCUT2D eigenvalue weighted by Crippen LogP contribution is 2.34. The summed E-state index contributed by atoms with van der Waals surface area (Å²) >= 11 is 1.71. The molecule has 0 unspecified atom stereocenters. The van der Waals surface area contributed by atoms with Crippen molar-refractivity contribution >= 4 is 38.3 Å². The Bertz CT molecular complexity index is 773. The van der Waals surface area contributed by atoms with Gasteiger partial charge in [-0.3, -0.25) is 4.79 Å². The summed E-state index contributed by atoms with van der Waals surface area (Å²) in [6, 6.07) is 6.01. The van der Waals surface area contributed by atoms with E-state index < -0.39 is 5.41 Å². The second-order valence-electron chi connectivity index (χ2n) is 7.29. The largest absolute Gasteiger partial charge is 0.384 e. The second kappa shape index (κ2) is 7.50. The van der Waals surface area contributed by atoms with Gasteiger partial charge in [-0.15, -0.1) is 0 Å². The number of methoxy groups -OCH3 is 1. The number of benzene rings is 1. The predicted molar refractivity (Wildman–Crippen MR) is 106 cm³/mol. The van der Waals surface area contributed by atoms with E-state index in [-0.39, 0.29) is 5.91 Å². The number of hydrogen-bond acceptors (Lipinski definition) is 6. The summed E-state index contributed by atoms with van der Waals surface area (Å²) in [5.41, 5.74) is 1.40. The van der Waals surface area contributed by atoms with Gasteiger partial charge in [-0.1, -0.05) is 11.3 Å². The molecule has 1 amide bonds. The molecule has 2 saturated heterocycles. The van der Waals surface area contributed by atoms with Crippen molar-refractivity contribution in [3.63, 3.8) is 0 Å². The first kappa shape index (κ1) is 17.7. The second-order valence-corrected chi connectivity index (χ2v) is 8.30. The summed E-state index contributed by atoms with van der Waals surface area (Å²) < 4.78 is 6.49. The number of aromatic nitrogens is 1. The Kier molecular flexibility index (Phi) is 5.11. The van der Waals surface area contributed by atoms with Gasteiger partial charge in [0.15, 0.2) is 5.13 Å². The van der Waals surface area contributed by atoms with Gasteiger partial charge in [0.05, 0.1) is 22.2 Å². The molecule has 0 spiro atoms. The van der Waals surface area contributed by atoms with Crippen molar-refractivity contribution in [1.29, 1.82) is 0 Å². The van der Waals surface area contributed by atoms with Crippen LogP contribution >= 0.6 is 11.3 Å². The molecule has 0 bridgehead atoms. The highest BCUT2D eigenvalue weighted by Gasteiger charge is 2.39. The van der Waals surface area contributed by atoms with Crippen LogP contribution in [-0.4, -0.2) is 50.8 Å². The van der Waals surface area contributed by atoms with E-state index in [4.69, 9.17) is 9.72 Å². The van der Waals surface area contributed by atoms with Gasteiger partial charge in [-0.05, 0) is 57.0 Å². The van der Waals surface area contributed by atoms with E-state index in [1.54, 1.807) is 18.4 Å². The lowest BCUT2D eigenvalue weighted by Gasteiger charge is -2.35. The van der Waals surface area contributed by atoms with Gasteiger partial charge in [0.25, 0.3) is 0 Å². The van der Waals surface area contributed by atoms with Crippen LogP contribution in [0.1, 0.15) is 25.7 Å². The maximum atomic E-state index is 13.0. The average Bonchev–Trinajstić information content (AvgIpc) is 3.32. The summed E-state index contributed by atoms with van der Waals surface area (Å²) in [4.78, 5) is 20.1. The number of fused-ring (bicyclic) bond motifs is 1. The molecule has 1 aromatic heterocycles. The molecule has 2 aromatic rings. The molecule has 0 atom stereocenters. The third-order valence-corrected chi connectivity index (χ3v) is 6.55. The van der Waals surface area contributed by atoms with E-state index in [2.05, 4.69) is 15.5 Å². The number of hydrogen-bond donors (Lipinski definition) is 2. The van der Waals surface area contributed by atoms with Crippen LogP contribution in [0.25, 0.3) is 10.2 Å². The van der Waals surface area contributed by atoms with E-state index in [1.165, 1.54) is 12.8 Å². The topological polar surface area (TPSA) is 66.5 Å². The van der Waals surface area contributed by atoms with Crippen LogP contribution < -0.4 is 15.5 Å². The van der Waals surface area contributed by atoms with Gasteiger partial charge in [0.2, 0.25) is 5.91 Å². The van der Waals surface area contributed by atoms with E-state index >= 15 is 0 Å². The Morgan fingerprint density at radius 2 is 2.12 bits per heavy atom. The van der Waals surface area contributed by atoms with Crippen molar-refractivity contribution in [2.45, 2.75) is 25.7 Å². The van der Waals surface area contributed by atoms with Crippen LogP contribution in [0.4, 0.5) is 10.8 Å². The molecule has 0 saturated carbocycles. The summed E-state index contributed by atoms with van der Waals surface area (Å²) in [5, 5.41) is 7.54. The molecule has 7 heteroatoms. The van der Waals surface area contributed by atoms with Crippen LogP contribution in [-0.2, 0) is 9.53 Å². The molecule has 2 N–H and O–H groups in total. The standard InChI is InChI=1S/C19H26N4O2S/c1-25-13-19(6-8-20-9-7-19)17(24)21-14-4-5-15-16(12-14)26-18(22-15)23-10-2-3-11-23/h4-5,12,20H,2-3,6-11,13H2,1H3,(H,21,24). The van der Waals surface area contributed by atoms with Crippen molar-refractivity contribution in [3.05, 3.63) is 18.2 Å². The third kappa shape index (κ3) is 3.43. The number of carbonyl (C=O) groups is 1. The summed E-state index contributed by atoms with van der Waals surface area (Å²) in [6.45, 7) is 4.35. The SMILES string of the molecule is COCC1(C(=O)Nc2ccc3nc(N4CCCC4)sc3c2)CCNCC1. The number of carbonyl (C=O) groups excluding carboxylic acids is 1. The van der Waals surface area contributed by atoms with Crippen molar-refractivity contribution in [1.82, 2.24) is 10.3 Å². The Hall–Kier alpha value is -1.70. The van der Waals surface area contributed by atoms with Gasteiger partial charge < -0.3 is 20.3 Å². The summed E-state index contributed by atoms with van der Waals surface area (Å²) in [7, 11) is 1.67. The van der Waals surface area contributed by atoms with Crippen LogP contribution in [0.2, 0.25) is 0 Å². The quantitative estimate of drug-likeness (QED) is 0.842. The molecule has 2 aliphatic heterocycles. The number of anilines is 2. The Labute approximate surface area is 157 Å². The van der Waals surface area contributed by atoms with Gasteiger partial charge in [-0.25, -0.2) is 4.98 Å². The van der Waals surface area contributed by atoms with E-state index in [1.807, 2.05) is 18.2 Å². The van der Waals surface area contributed by atoms with E-state index in [0.29, 0.717) is 6.61 Å². The van der Waals surface area contributed by atoms with Gasteiger partial charge in [0.1, 0.15) is 0 Å². The minimum Gasteiger partial charge on any atom is -0.384 e. The highest BCUT2D eigenvalue weighted by molar-refractivity contribution is 7.22. The van der Waals surface area contributed by atoms with Crippen LogP contribution in [0, 0.1) is 5.41 Å². The Balaban J connectivity index is 1.53. The zero-order valence-corrected chi connectivity index (χ0v) is 16.0. The Morgan fingerprint density at radius 3 is 2.85 bits per heavy atom. The molecule has 0 radical (unpaired) electrons. The molecule has 26 heavy (non-hydrogen) atoms. The maximum absolute atomic E-state index is 13.0.